The Labute approximate surface area is 99.8 Å². The molecule has 0 spiro atoms. The number of ether oxygens (including phenoxy) is 1. The van der Waals surface area contributed by atoms with Crippen LogP contribution < -0.4 is 0 Å². The molecule has 0 saturated carbocycles. The molecular formula is C15H24O. The van der Waals surface area contributed by atoms with Gasteiger partial charge < -0.3 is 4.74 Å². The van der Waals surface area contributed by atoms with Crippen LogP contribution in [0.1, 0.15) is 45.1 Å². The zero-order chi connectivity index (χ0) is 12.0. The van der Waals surface area contributed by atoms with Crippen LogP contribution in [0, 0.1) is 5.92 Å². The molecule has 1 aromatic rings. The minimum atomic E-state index is 0.375. The normalized spacial score (nSPS) is 16.8. The molecule has 0 heterocycles. The van der Waals surface area contributed by atoms with Crippen molar-refractivity contribution in [3.8, 4) is 0 Å². The Bertz CT molecular complexity index is 281. The standard InChI is InChI=1S/C15H24O/c1-5-9-15(16-4)13(3)12(2)14-10-7-6-8-11-14/h6-8,10-13,15H,5,9H2,1-4H3/t12?,13-,15-/m0/s1. The van der Waals surface area contributed by atoms with E-state index >= 15 is 0 Å². The van der Waals surface area contributed by atoms with E-state index in [1.165, 1.54) is 12.0 Å². The molecular weight excluding hydrogens is 196 g/mol. The van der Waals surface area contributed by atoms with Gasteiger partial charge in [-0.3, -0.25) is 0 Å². The van der Waals surface area contributed by atoms with Gasteiger partial charge in [0.1, 0.15) is 0 Å². The molecule has 16 heavy (non-hydrogen) atoms. The Morgan fingerprint density at radius 2 is 1.75 bits per heavy atom. The summed E-state index contributed by atoms with van der Waals surface area (Å²) < 4.78 is 5.60. The Balaban J connectivity index is 2.69. The lowest BCUT2D eigenvalue weighted by Crippen LogP contribution is -2.24. The second-order valence-corrected chi connectivity index (χ2v) is 4.62. The first-order valence-corrected chi connectivity index (χ1v) is 6.28. The average molecular weight is 220 g/mol. The zero-order valence-corrected chi connectivity index (χ0v) is 10.9. The predicted molar refractivity (Wildman–Crippen MR) is 69.7 cm³/mol. The van der Waals surface area contributed by atoms with Crippen LogP contribution in [0.4, 0.5) is 0 Å². The van der Waals surface area contributed by atoms with Crippen molar-refractivity contribution in [3.63, 3.8) is 0 Å². The topological polar surface area (TPSA) is 9.23 Å². The molecule has 90 valence electrons. The number of benzene rings is 1. The molecule has 1 unspecified atom stereocenters. The lowest BCUT2D eigenvalue weighted by Gasteiger charge is -2.28. The van der Waals surface area contributed by atoms with E-state index in [0.717, 1.165) is 6.42 Å². The maximum Gasteiger partial charge on any atom is 0.0602 e. The van der Waals surface area contributed by atoms with Gasteiger partial charge in [0.25, 0.3) is 0 Å². The monoisotopic (exact) mass is 220 g/mol. The van der Waals surface area contributed by atoms with Gasteiger partial charge in [0.2, 0.25) is 0 Å². The molecule has 0 bridgehead atoms. The summed E-state index contributed by atoms with van der Waals surface area (Å²) in [6.07, 6.45) is 2.71. The molecule has 0 aliphatic carbocycles. The van der Waals surface area contributed by atoms with Gasteiger partial charge in [-0.1, -0.05) is 57.5 Å². The van der Waals surface area contributed by atoms with Crippen molar-refractivity contribution in [1.29, 1.82) is 0 Å². The summed E-state index contributed by atoms with van der Waals surface area (Å²) in [6, 6.07) is 10.7. The first-order chi connectivity index (χ1) is 7.70. The van der Waals surface area contributed by atoms with Crippen LogP contribution in [0.2, 0.25) is 0 Å². The van der Waals surface area contributed by atoms with Crippen LogP contribution in [0.3, 0.4) is 0 Å². The van der Waals surface area contributed by atoms with Crippen molar-refractivity contribution in [3.05, 3.63) is 35.9 Å². The van der Waals surface area contributed by atoms with Gasteiger partial charge in [0, 0.05) is 7.11 Å². The Hall–Kier alpha value is -0.820. The van der Waals surface area contributed by atoms with Crippen molar-refractivity contribution in [2.75, 3.05) is 7.11 Å². The van der Waals surface area contributed by atoms with Crippen molar-refractivity contribution in [1.82, 2.24) is 0 Å². The summed E-state index contributed by atoms with van der Waals surface area (Å²) in [5, 5.41) is 0. The molecule has 0 radical (unpaired) electrons. The predicted octanol–water partition coefficient (Wildman–Crippen LogP) is 4.24. The first-order valence-electron chi connectivity index (χ1n) is 6.28. The van der Waals surface area contributed by atoms with E-state index in [4.69, 9.17) is 4.74 Å². The lowest BCUT2D eigenvalue weighted by atomic mass is 9.84. The largest absolute Gasteiger partial charge is 0.381 e. The van der Waals surface area contributed by atoms with E-state index in [1.54, 1.807) is 0 Å². The van der Waals surface area contributed by atoms with Crippen LogP contribution in [0.15, 0.2) is 30.3 Å². The molecule has 0 fully saturated rings. The van der Waals surface area contributed by atoms with Crippen molar-refractivity contribution in [2.45, 2.75) is 45.6 Å². The maximum atomic E-state index is 5.60. The number of hydrogen-bond acceptors (Lipinski definition) is 1. The number of hydrogen-bond donors (Lipinski definition) is 0. The van der Waals surface area contributed by atoms with Crippen LogP contribution >= 0.6 is 0 Å². The minimum Gasteiger partial charge on any atom is -0.381 e. The summed E-state index contributed by atoms with van der Waals surface area (Å²) in [5.41, 5.74) is 1.41. The van der Waals surface area contributed by atoms with Gasteiger partial charge in [-0.2, -0.15) is 0 Å². The number of rotatable bonds is 6. The van der Waals surface area contributed by atoms with Gasteiger partial charge in [-0.25, -0.2) is 0 Å². The molecule has 0 aromatic heterocycles. The van der Waals surface area contributed by atoms with E-state index in [9.17, 15) is 0 Å². The first kappa shape index (κ1) is 13.2. The highest BCUT2D eigenvalue weighted by molar-refractivity contribution is 5.19. The highest BCUT2D eigenvalue weighted by atomic mass is 16.5. The third-order valence-electron chi connectivity index (χ3n) is 3.58. The van der Waals surface area contributed by atoms with Crippen molar-refractivity contribution < 1.29 is 4.74 Å². The minimum absolute atomic E-state index is 0.375. The van der Waals surface area contributed by atoms with E-state index in [2.05, 4.69) is 51.1 Å². The van der Waals surface area contributed by atoms with E-state index in [-0.39, 0.29) is 0 Å². The van der Waals surface area contributed by atoms with Gasteiger partial charge in [-0.15, -0.1) is 0 Å². The van der Waals surface area contributed by atoms with Crippen molar-refractivity contribution >= 4 is 0 Å². The van der Waals surface area contributed by atoms with Crippen LogP contribution in [0.5, 0.6) is 0 Å². The summed E-state index contributed by atoms with van der Waals surface area (Å²) in [7, 11) is 1.83. The fourth-order valence-corrected chi connectivity index (χ4v) is 2.26. The molecule has 3 atom stereocenters. The van der Waals surface area contributed by atoms with Gasteiger partial charge >= 0.3 is 0 Å². The third-order valence-corrected chi connectivity index (χ3v) is 3.58. The molecule has 0 aliphatic heterocycles. The summed E-state index contributed by atoms with van der Waals surface area (Å²) >= 11 is 0. The van der Waals surface area contributed by atoms with E-state index < -0.39 is 0 Å². The maximum absolute atomic E-state index is 5.60. The third kappa shape index (κ3) is 3.34. The zero-order valence-electron chi connectivity index (χ0n) is 10.9. The second-order valence-electron chi connectivity index (χ2n) is 4.62. The van der Waals surface area contributed by atoms with Crippen LogP contribution in [-0.4, -0.2) is 13.2 Å². The lowest BCUT2D eigenvalue weighted by molar-refractivity contribution is 0.0429. The molecule has 1 nitrogen and oxygen atoms in total. The summed E-state index contributed by atoms with van der Waals surface area (Å²) in [5.74, 6) is 1.12. The van der Waals surface area contributed by atoms with Gasteiger partial charge in [0.05, 0.1) is 6.10 Å². The SMILES string of the molecule is CCC[C@H](OC)[C@@H](C)C(C)c1ccccc1. The molecule has 1 rings (SSSR count). The van der Waals surface area contributed by atoms with E-state index in [0.29, 0.717) is 17.9 Å². The van der Waals surface area contributed by atoms with Gasteiger partial charge in [0.15, 0.2) is 0 Å². The highest BCUT2D eigenvalue weighted by Crippen LogP contribution is 2.29. The molecule has 1 aromatic carbocycles. The van der Waals surface area contributed by atoms with Crippen LogP contribution in [0.25, 0.3) is 0 Å². The highest BCUT2D eigenvalue weighted by Gasteiger charge is 2.22. The fraction of sp³-hybridized carbons (Fsp3) is 0.600. The van der Waals surface area contributed by atoms with Crippen LogP contribution in [-0.2, 0) is 4.74 Å². The smallest absolute Gasteiger partial charge is 0.0602 e. The second kappa shape index (κ2) is 6.70. The molecule has 1 heteroatoms. The Morgan fingerprint density at radius 1 is 1.12 bits per heavy atom. The quantitative estimate of drug-likeness (QED) is 0.696. The molecule has 0 saturated heterocycles. The van der Waals surface area contributed by atoms with Gasteiger partial charge in [-0.05, 0) is 23.8 Å². The van der Waals surface area contributed by atoms with Crippen molar-refractivity contribution in [2.24, 2.45) is 5.92 Å². The summed E-state index contributed by atoms with van der Waals surface area (Å²) in [6.45, 7) is 6.80. The molecule has 0 N–H and O–H groups in total. The Kier molecular flexibility index (Phi) is 5.54. The number of methoxy groups -OCH3 is 1. The molecule has 0 aliphatic rings. The summed E-state index contributed by atoms with van der Waals surface area (Å²) in [4.78, 5) is 0. The fourth-order valence-electron chi connectivity index (χ4n) is 2.26. The molecule has 0 amide bonds. The average Bonchev–Trinajstić information content (AvgIpc) is 2.35. The van der Waals surface area contributed by atoms with E-state index in [1.807, 2.05) is 7.11 Å². The Morgan fingerprint density at radius 3 is 2.25 bits per heavy atom.